The largest absolute Gasteiger partial charge is 0.504 e. The number of nitrogens with one attached hydrogen (secondary N) is 1. The molecule has 0 atom stereocenters. The number of terminal acetylenes is 1. The Morgan fingerprint density at radius 2 is 1.91 bits per heavy atom. The Morgan fingerprint density at radius 1 is 1.22 bits per heavy atom. The van der Waals surface area contributed by atoms with E-state index >= 15 is 0 Å². The molecule has 126 valence electrons. The molecule has 0 unspecified atom stereocenters. The number of benzene rings is 1. The van der Waals surface area contributed by atoms with Crippen LogP contribution in [0.2, 0.25) is 0 Å². The number of hydrogen-bond donors (Lipinski definition) is 2. The summed E-state index contributed by atoms with van der Waals surface area (Å²) in [7, 11) is 1.50. The van der Waals surface area contributed by atoms with Gasteiger partial charge in [0, 0.05) is 19.4 Å². The monoisotopic (exact) mass is 317 g/mol. The van der Waals surface area contributed by atoms with E-state index in [1.165, 1.54) is 20.0 Å². The van der Waals surface area contributed by atoms with Gasteiger partial charge in [-0.2, -0.15) is 0 Å². The number of carbonyl (C=O) groups is 1. The van der Waals surface area contributed by atoms with Crippen molar-refractivity contribution in [3.63, 3.8) is 0 Å². The molecule has 0 bridgehead atoms. The molecule has 0 radical (unpaired) electrons. The van der Waals surface area contributed by atoms with Crippen LogP contribution in [0.1, 0.15) is 56.9 Å². The van der Waals surface area contributed by atoms with Crippen LogP contribution < -0.4 is 10.1 Å². The van der Waals surface area contributed by atoms with Gasteiger partial charge in [-0.25, -0.2) is 0 Å². The summed E-state index contributed by atoms with van der Waals surface area (Å²) in [5, 5.41) is 12.4. The lowest BCUT2D eigenvalue weighted by molar-refractivity contribution is -0.121. The molecule has 0 saturated heterocycles. The molecule has 1 aromatic rings. The Kier molecular flexibility index (Phi) is 9.38. The number of phenolic OH excluding ortho intramolecular Hbond substituents is 1. The Labute approximate surface area is 139 Å². The van der Waals surface area contributed by atoms with Crippen molar-refractivity contribution in [2.45, 2.75) is 57.9 Å². The van der Waals surface area contributed by atoms with E-state index < -0.39 is 0 Å². The van der Waals surface area contributed by atoms with E-state index in [9.17, 15) is 9.90 Å². The summed E-state index contributed by atoms with van der Waals surface area (Å²) in [6.45, 7) is 0.446. The average Bonchev–Trinajstić information content (AvgIpc) is 2.56. The Morgan fingerprint density at radius 3 is 2.61 bits per heavy atom. The summed E-state index contributed by atoms with van der Waals surface area (Å²) in [6, 6.07) is 5.07. The highest BCUT2D eigenvalue weighted by atomic mass is 16.5. The first-order valence-corrected chi connectivity index (χ1v) is 8.23. The van der Waals surface area contributed by atoms with Gasteiger partial charge in [0.1, 0.15) is 0 Å². The van der Waals surface area contributed by atoms with Crippen LogP contribution in [0.4, 0.5) is 0 Å². The lowest BCUT2D eigenvalue weighted by atomic mass is 10.1. The minimum absolute atomic E-state index is 0.0596. The molecule has 0 heterocycles. The van der Waals surface area contributed by atoms with Crippen LogP contribution in [0.25, 0.3) is 0 Å². The fraction of sp³-hybridized carbons (Fsp3) is 0.526. The number of phenols is 1. The normalized spacial score (nSPS) is 10.1. The van der Waals surface area contributed by atoms with Gasteiger partial charge in [-0.15, -0.1) is 12.3 Å². The number of methoxy groups -OCH3 is 1. The third kappa shape index (κ3) is 8.15. The van der Waals surface area contributed by atoms with Crippen molar-refractivity contribution in [1.29, 1.82) is 0 Å². The van der Waals surface area contributed by atoms with E-state index in [2.05, 4.69) is 11.2 Å². The van der Waals surface area contributed by atoms with Crippen molar-refractivity contribution in [2.24, 2.45) is 0 Å². The number of ether oxygens (including phenoxy) is 1. The highest BCUT2D eigenvalue weighted by molar-refractivity contribution is 5.75. The maximum Gasteiger partial charge on any atom is 0.220 e. The smallest absolute Gasteiger partial charge is 0.220 e. The number of aromatic hydroxyl groups is 1. The minimum atomic E-state index is 0.0596. The molecule has 0 spiro atoms. The molecular formula is C19H27NO3. The Hall–Kier alpha value is -2.15. The quantitative estimate of drug-likeness (QED) is 0.482. The first-order valence-electron chi connectivity index (χ1n) is 8.23. The Bertz CT molecular complexity index is 520. The van der Waals surface area contributed by atoms with Crippen LogP contribution in [-0.2, 0) is 11.3 Å². The lowest BCUT2D eigenvalue weighted by Crippen LogP contribution is -2.22. The molecule has 1 amide bonds. The van der Waals surface area contributed by atoms with E-state index in [4.69, 9.17) is 11.2 Å². The van der Waals surface area contributed by atoms with Gasteiger partial charge in [0.05, 0.1) is 7.11 Å². The molecule has 2 N–H and O–H groups in total. The molecule has 0 aromatic heterocycles. The van der Waals surface area contributed by atoms with Crippen LogP contribution in [0, 0.1) is 12.3 Å². The fourth-order valence-electron chi connectivity index (χ4n) is 2.34. The molecule has 4 heteroatoms. The van der Waals surface area contributed by atoms with E-state index in [-0.39, 0.29) is 11.7 Å². The van der Waals surface area contributed by atoms with Gasteiger partial charge in [-0.3, -0.25) is 4.79 Å². The van der Waals surface area contributed by atoms with E-state index in [0.29, 0.717) is 18.7 Å². The number of hydrogen-bond acceptors (Lipinski definition) is 3. The van der Waals surface area contributed by atoms with Crippen molar-refractivity contribution in [2.75, 3.05) is 7.11 Å². The predicted molar refractivity (Wildman–Crippen MR) is 92.3 cm³/mol. The molecule has 4 nitrogen and oxygen atoms in total. The fourth-order valence-corrected chi connectivity index (χ4v) is 2.34. The standard InChI is InChI=1S/C19H27NO3/c1-3-4-5-6-7-8-9-10-11-19(22)20-15-16-12-13-17(21)18(14-16)23-2/h1,12-14,21H,4-11,15H2,2H3,(H,20,22). The van der Waals surface area contributed by atoms with Gasteiger partial charge < -0.3 is 15.2 Å². The molecule has 0 fully saturated rings. The zero-order valence-electron chi connectivity index (χ0n) is 13.9. The molecule has 0 aliphatic heterocycles. The van der Waals surface area contributed by atoms with Crippen LogP contribution in [0.5, 0.6) is 11.5 Å². The first kappa shape index (κ1) is 18.9. The van der Waals surface area contributed by atoms with E-state index in [1.807, 2.05) is 0 Å². The van der Waals surface area contributed by atoms with E-state index in [1.54, 1.807) is 18.2 Å². The van der Waals surface area contributed by atoms with Crippen molar-refractivity contribution < 1.29 is 14.6 Å². The number of carbonyl (C=O) groups excluding carboxylic acids is 1. The zero-order chi connectivity index (χ0) is 16.9. The van der Waals surface area contributed by atoms with E-state index in [0.717, 1.165) is 37.7 Å². The van der Waals surface area contributed by atoms with Crippen molar-refractivity contribution in [3.8, 4) is 23.8 Å². The van der Waals surface area contributed by atoms with Crippen LogP contribution in [-0.4, -0.2) is 18.1 Å². The zero-order valence-corrected chi connectivity index (χ0v) is 13.9. The molecule has 1 rings (SSSR count). The predicted octanol–water partition coefficient (Wildman–Crippen LogP) is 3.77. The number of rotatable bonds is 11. The van der Waals surface area contributed by atoms with Crippen LogP contribution in [0.15, 0.2) is 18.2 Å². The van der Waals surface area contributed by atoms with Gasteiger partial charge in [-0.1, -0.05) is 31.7 Å². The third-order valence-corrected chi connectivity index (χ3v) is 3.71. The minimum Gasteiger partial charge on any atom is -0.504 e. The second-order valence-electron chi connectivity index (χ2n) is 5.61. The van der Waals surface area contributed by atoms with Crippen LogP contribution >= 0.6 is 0 Å². The average molecular weight is 317 g/mol. The maximum atomic E-state index is 11.8. The molecule has 23 heavy (non-hydrogen) atoms. The van der Waals surface area contributed by atoms with Gasteiger partial charge in [-0.05, 0) is 30.5 Å². The summed E-state index contributed by atoms with van der Waals surface area (Å²) in [4.78, 5) is 11.8. The van der Waals surface area contributed by atoms with Crippen molar-refractivity contribution in [1.82, 2.24) is 5.32 Å². The summed E-state index contributed by atoms with van der Waals surface area (Å²) >= 11 is 0. The maximum absolute atomic E-state index is 11.8. The SMILES string of the molecule is C#CCCCCCCCCC(=O)NCc1ccc(O)c(OC)c1. The Balaban J connectivity index is 2.12. The van der Waals surface area contributed by atoms with Crippen molar-refractivity contribution >= 4 is 5.91 Å². The van der Waals surface area contributed by atoms with Gasteiger partial charge in [0.25, 0.3) is 0 Å². The third-order valence-electron chi connectivity index (χ3n) is 3.71. The summed E-state index contributed by atoms with van der Waals surface area (Å²) < 4.78 is 5.05. The van der Waals surface area contributed by atoms with Gasteiger partial charge >= 0.3 is 0 Å². The highest BCUT2D eigenvalue weighted by Gasteiger charge is 2.05. The van der Waals surface area contributed by atoms with Crippen molar-refractivity contribution in [3.05, 3.63) is 23.8 Å². The number of unbranched alkanes of at least 4 members (excludes halogenated alkanes) is 6. The molecular weight excluding hydrogens is 290 g/mol. The molecule has 1 aromatic carbocycles. The second kappa shape index (κ2) is 11.4. The van der Waals surface area contributed by atoms with Crippen LogP contribution in [0.3, 0.4) is 0 Å². The topological polar surface area (TPSA) is 58.6 Å². The highest BCUT2D eigenvalue weighted by Crippen LogP contribution is 2.26. The molecule has 0 aliphatic rings. The summed E-state index contributed by atoms with van der Waals surface area (Å²) in [5.41, 5.74) is 0.904. The van der Waals surface area contributed by atoms with Gasteiger partial charge in [0.15, 0.2) is 11.5 Å². The van der Waals surface area contributed by atoms with Gasteiger partial charge in [0.2, 0.25) is 5.91 Å². The summed E-state index contributed by atoms with van der Waals surface area (Å²) in [5.74, 6) is 3.23. The lowest BCUT2D eigenvalue weighted by Gasteiger charge is -2.08. The molecule has 0 saturated carbocycles. The second-order valence-corrected chi connectivity index (χ2v) is 5.61. The number of amides is 1. The molecule has 0 aliphatic carbocycles. The first-order chi connectivity index (χ1) is 11.2. The summed E-state index contributed by atoms with van der Waals surface area (Å²) in [6.07, 6.45) is 13.3.